The predicted octanol–water partition coefficient (Wildman–Crippen LogP) is 2.11. The molecule has 14 heteroatoms. The van der Waals surface area contributed by atoms with Crippen molar-refractivity contribution in [3.8, 4) is 5.75 Å². The molecule has 0 aliphatic carbocycles. The number of para-hydroxylation sites is 1. The molecule has 0 saturated carbocycles. The third-order valence-corrected chi connectivity index (χ3v) is 7.00. The maximum absolute atomic E-state index is 15.2. The van der Waals surface area contributed by atoms with Gasteiger partial charge in [-0.2, -0.15) is 10.1 Å². The van der Waals surface area contributed by atoms with Crippen LogP contribution >= 0.6 is 7.75 Å². The molecule has 3 rings (SSSR count). The summed E-state index contributed by atoms with van der Waals surface area (Å²) in [7, 11) is -4.37. The molecule has 0 radical (unpaired) electrons. The van der Waals surface area contributed by atoms with Gasteiger partial charge in [0.05, 0.1) is 12.7 Å². The Labute approximate surface area is 212 Å². The molecule has 0 bridgehead atoms. The Bertz CT molecular complexity index is 1210. The number of carbonyl (C=O) groups excluding carboxylic acids is 1. The Morgan fingerprint density at radius 3 is 2.65 bits per heavy atom. The van der Waals surface area contributed by atoms with E-state index in [2.05, 4.69) is 16.7 Å². The second-order valence-electron chi connectivity index (χ2n) is 8.61. The zero-order chi connectivity index (χ0) is 27.4. The van der Waals surface area contributed by atoms with E-state index in [4.69, 9.17) is 24.3 Å². The van der Waals surface area contributed by atoms with Gasteiger partial charge in [0.2, 0.25) is 0 Å². The molecule has 2 aromatic rings. The van der Waals surface area contributed by atoms with E-state index in [0.717, 1.165) is 10.6 Å². The minimum absolute atomic E-state index is 0.0799. The first-order valence-electron chi connectivity index (χ1n) is 11.4. The molecule has 6 atom stereocenters. The van der Waals surface area contributed by atoms with Crippen molar-refractivity contribution in [1.82, 2.24) is 14.6 Å². The van der Waals surface area contributed by atoms with Gasteiger partial charge in [-0.15, -0.1) is 6.58 Å². The second kappa shape index (κ2) is 11.5. The minimum Gasteiger partial charge on any atom is -0.462 e. The Morgan fingerprint density at radius 2 is 2.05 bits per heavy atom. The normalized spacial score (nSPS) is 25.8. The molecule has 1 fully saturated rings. The molecule has 12 nitrogen and oxygen atoms in total. The highest BCUT2D eigenvalue weighted by Crippen LogP contribution is 2.48. The van der Waals surface area contributed by atoms with E-state index in [9.17, 15) is 19.3 Å². The number of nitrogens with zero attached hydrogens (tertiary/aromatic N) is 2. The van der Waals surface area contributed by atoms with E-state index in [1.54, 1.807) is 32.0 Å². The smallest absolute Gasteiger partial charge is 0.459 e. The Morgan fingerprint density at radius 1 is 1.38 bits per heavy atom. The predicted molar refractivity (Wildman–Crippen MR) is 131 cm³/mol. The zero-order valence-electron chi connectivity index (χ0n) is 20.5. The lowest BCUT2D eigenvalue weighted by molar-refractivity contribution is -0.149. The monoisotopic (exact) mass is 540 g/mol. The van der Waals surface area contributed by atoms with Gasteiger partial charge in [0.15, 0.2) is 12.4 Å². The number of alkyl halides is 1. The van der Waals surface area contributed by atoms with Crippen molar-refractivity contribution in [1.29, 1.82) is 0 Å². The van der Waals surface area contributed by atoms with Gasteiger partial charge in [0.1, 0.15) is 29.3 Å². The number of benzene rings is 1. The topological polar surface area (TPSA) is 164 Å². The summed E-state index contributed by atoms with van der Waals surface area (Å²) in [6.45, 7) is 7.56. The number of hydrogen-bond donors (Lipinski definition) is 3. The first-order valence-corrected chi connectivity index (χ1v) is 12.9. The average molecular weight is 540 g/mol. The number of aromatic nitrogens is 2. The molecule has 1 saturated heterocycles. The number of carbonyl (C=O) groups is 1. The number of nitrogens with one attached hydrogen (secondary N) is 1. The van der Waals surface area contributed by atoms with Crippen LogP contribution in [0.2, 0.25) is 0 Å². The Kier molecular flexibility index (Phi) is 8.88. The lowest BCUT2D eigenvalue weighted by Crippen LogP contribution is -2.45. The number of halogens is 1. The Hall–Kier alpha value is -3.09. The maximum atomic E-state index is 15.2. The number of nitrogen functional groups attached to an aromatic ring is 1. The molecule has 1 aliphatic heterocycles. The van der Waals surface area contributed by atoms with Gasteiger partial charge in [-0.05, 0) is 39.0 Å². The molecule has 0 spiro atoms. The van der Waals surface area contributed by atoms with Gasteiger partial charge in [-0.3, -0.25) is 13.9 Å². The summed E-state index contributed by atoms with van der Waals surface area (Å²) in [6.07, 6.45) is -3.80. The van der Waals surface area contributed by atoms with Crippen molar-refractivity contribution < 1.29 is 37.4 Å². The maximum Gasteiger partial charge on any atom is 0.459 e. The highest BCUT2D eigenvalue weighted by molar-refractivity contribution is 7.52. The van der Waals surface area contributed by atoms with E-state index < -0.39 is 62.3 Å². The van der Waals surface area contributed by atoms with E-state index in [-0.39, 0.29) is 11.6 Å². The summed E-state index contributed by atoms with van der Waals surface area (Å²) in [5.41, 5.74) is 2.63. The SMILES string of the molecule is C=CC1(COP(=O)(NC(C)C(=O)OC(C)C)Oc2ccccc2)OC(n2ccc(N)nc2=O)C(F)C1O. The van der Waals surface area contributed by atoms with E-state index in [1.807, 2.05) is 0 Å². The number of hydrogen-bond acceptors (Lipinski definition) is 10. The quantitative estimate of drug-likeness (QED) is 0.217. The summed E-state index contributed by atoms with van der Waals surface area (Å²) in [5, 5.41) is 13.2. The van der Waals surface area contributed by atoms with Crippen LogP contribution in [0.15, 0.2) is 60.0 Å². The number of nitrogens with two attached hydrogens (primary N) is 1. The summed E-state index contributed by atoms with van der Waals surface area (Å²) in [6, 6.07) is 8.11. The molecule has 1 aromatic carbocycles. The average Bonchev–Trinajstić information content (AvgIpc) is 3.08. The van der Waals surface area contributed by atoms with Crippen LogP contribution in [0, 0.1) is 0 Å². The molecule has 6 unspecified atom stereocenters. The van der Waals surface area contributed by atoms with Crippen LogP contribution in [-0.4, -0.2) is 57.3 Å². The lowest BCUT2D eigenvalue weighted by atomic mass is 9.97. The summed E-state index contributed by atoms with van der Waals surface area (Å²) in [4.78, 5) is 28.1. The number of aliphatic hydroxyl groups is 1. The number of ether oxygens (including phenoxy) is 2. The van der Waals surface area contributed by atoms with Crippen molar-refractivity contribution in [2.24, 2.45) is 0 Å². The second-order valence-corrected chi connectivity index (χ2v) is 10.3. The van der Waals surface area contributed by atoms with Crippen molar-refractivity contribution in [3.63, 3.8) is 0 Å². The molecular weight excluding hydrogens is 510 g/mol. The first-order chi connectivity index (χ1) is 17.4. The lowest BCUT2D eigenvalue weighted by Gasteiger charge is -2.30. The van der Waals surface area contributed by atoms with Crippen molar-refractivity contribution >= 4 is 19.5 Å². The van der Waals surface area contributed by atoms with Crippen LogP contribution in [-0.2, 0) is 23.4 Å². The fourth-order valence-corrected chi connectivity index (χ4v) is 5.01. The summed E-state index contributed by atoms with van der Waals surface area (Å²) in [5.74, 6) is -0.655. The first kappa shape index (κ1) is 28.5. The fraction of sp³-hybridized carbons (Fsp3) is 0.435. The van der Waals surface area contributed by atoms with Gasteiger partial charge in [0.25, 0.3) is 0 Å². The molecule has 1 aliphatic rings. The minimum atomic E-state index is -4.37. The number of aliphatic hydroxyl groups excluding tert-OH is 1. The van der Waals surface area contributed by atoms with Crippen LogP contribution in [0.1, 0.15) is 27.0 Å². The Balaban J connectivity index is 1.86. The molecule has 202 valence electrons. The zero-order valence-corrected chi connectivity index (χ0v) is 21.4. The van der Waals surface area contributed by atoms with Crippen LogP contribution in [0.4, 0.5) is 10.2 Å². The number of esters is 1. The van der Waals surface area contributed by atoms with Crippen LogP contribution in [0.25, 0.3) is 0 Å². The van der Waals surface area contributed by atoms with Crippen molar-refractivity contribution in [2.75, 3.05) is 12.3 Å². The van der Waals surface area contributed by atoms with Crippen LogP contribution < -0.4 is 21.0 Å². The van der Waals surface area contributed by atoms with Gasteiger partial charge in [0, 0.05) is 6.20 Å². The molecule has 1 aromatic heterocycles. The molecule has 2 heterocycles. The van der Waals surface area contributed by atoms with Gasteiger partial charge < -0.3 is 24.8 Å². The van der Waals surface area contributed by atoms with Gasteiger partial charge in [-0.1, -0.05) is 24.3 Å². The van der Waals surface area contributed by atoms with Gasteiger partial charge >= 0.3 is 19.4 Å². The third-order valence-electron chi connectivity index (χ3n) is 5.37. The molecule has 4 N–H and O–H groups in total. The standard InChI is InChI=1S/C23H30FN4O8P/c1-5-23(19(29)18(24)20(35-23)28-12-11-17(25)26-22(28)31)13-33-37(32,36-16-9-7-6-8-10-16)27-15(4)21(30)34-14(2)3/h5-12,14-15,18-20,29H,1,13H2,2-4H3,(H,27,32)(H2,25,26,31). The summed E-state index contributed by atoms with van der Waals surface area (Å²) < 4.78 is 51.6. The van der Waals surface area contributed by atoms with Crippen LogP contribution in [0.5, 0.6) is 5.75 Å². The number of anilines is 1. The van der Waals surface area contributed by atoms with E-state index in [0.29, 0.717) is 0 Å². The van der Waals surface area contributed by atoms with Crippen molar-refractivity contribution in [3.05, 3.63) is 65.7 Å². The highest BCUT2D eigenvalue weighted by Gasteiger charge is 2.56. The third kappa shape index (κ3) is 6.62. The largest absolute Gasteiger partial charge is 0.462 e. The van der Waals surface area contributed by atoms with E-state index in [1.165, 1.54) is 31.3 Å². The van der Waals surface area contributed by atoms with Crippen LogP contribution in [0.3, 0.4) is 0 Å². The van der Waals surface area contributed by atoms with E-state index >= 15 is 4.39 Å². The van der Waals surface area contributed by atoms with Crippen molar-refractivity contribution in [2.45, 2.75) is 57.0 Å². The molecular formula is C23H30FN4O8P. The summed E-state index contributed by atoms with van der Waals surface area (Å²) >= 11 is 0. The highest BCUT2D eigenvalue weighted by atomic mass is 31.2. The fourth-order valence-electron chi connectivity index (χ4n) is 3.48. The van der Waals surface area contributed by atoms with Gasteiger partial charge in [-0.25, -0.2) is 13.8 Å². The molecule has 0 amide bonds. The number of rotatable bonds is 11. The molecule has 37 heavy (non-hydrogen) atoms.